The highest BCUT2D eigenvalue weighted by molar-refractivity contribution is 5.17. The SMILES string of the molecule is CCOc1cc(CC(N)COC)nc(C)n1. The number of aryl methyl sites for hydroxylation is 1. The Labute approximate surface area is 96.0 Å². The molecular weight excluding hydrogens is 206 g/mol. The molecule has 1 heterocycles. The molecule has 0 aliphatic carbocycles. The first-order valence-corrected chi connectivity index (χ1v) is 5.37. The second kappa shape index (κ2) is 6.40. The predicted octanol–water partition coefficient (Wildman–Crippen LogP) is 0.700. The molecule has 16 heavy (non-hydrogen) atoms. The number of nitrogens with two attached hydrogens (primary N) is 1. The van der Waals surface area contributed by atoms with Gasteiger partial charge in [-0.3, -0.25) is 0 Å². The molecule has 0 radical (unpaired) electrons. The minimum Gasteiger partial charge on any atom is -0.478 e. The van der Waals surface area contributed by atoms with Crippen molar-refractivity contribution in [2.45, 2.75) is 26.3 Å². The third-order valence-electron chi connectivity index (χ3n) is 2.01. The van der Waals surface area contributed by atoms with Crippen molar-refractivity contribution in [2.24, 2.45) is 5.73 Å². The van der Waals surface area contributed by atoms with Crippen LogP contribution in [0.25, 0.3) is 0 Å². The molecule has 5 nitrogen and oxygen atoms in total. The summed E-state index contributed by atoms with van der Waals surface area (Å²) in [5.74, 6) is 1.31. The number of hydrogen-bond donors (Lipinski definition) is 1. The molecule has 1 atom stereocenters. The molecule has 0 aliphatic heterocycles. The molecule has 0 aromatic carbocycles. The van der Waals surface area contributed by atoms with Crippen LogP contribution in [-0.2, 0) is 11.2 Å². The maximum atomic E-state index is 5.86. The van der Waals surface area contributed by atoms with Gasteiger partial charge in [-0.05, 0) is 13.8 Å². The first-order valence-electron chi connectivity index (χ1n) is 5.37. The maximum absolute atomic E-state index is 5.86. The minimum absolute atomic E-state index is 0.0474. The van der Waals surface area contributed by atoms with E-state index < -0.39 is 0 Å². The van der Waals surface area contributed by atoms with E-state index in [1.54, 1.807) is 7.11 Å². The highest BCUT2D eigenvalue weighted by Crippen LogP contribution is 2.10. The summed E-state index contributed by atoms with van der Waals surface area (Å²) in [4.78, 5) is 8.48. The van der Waals surface area contributed by atoms with Gasteiger partial charge in [0.05, 0.1) is 13.2 Å². The van der Waals surface area contributed by atoms with Crippen LogP contribution in [0, 0.1) is 6.92 Å². The smallest absolute Gasteiger partial charge is 0.216 e. The van der Waals surface area contributed by atoms with Crippen molar-refractivity contribution >= 4 is 0 Å². The van der Waals surface area contributed by atoms with Crippen molar-refractivity contribution in [2.75, 3.05) is 20.3 Å². The lowest BCUT2D eigenvalue weighted by atomic mass is 10.2. The number of methoxy groups -OCH3 is 1. The van der Waals surface area contributed by atoms with E-state index in [0.29, 0.717) is 31.3 Å². The van der Waals surface area contributed by atoms with Gasteiger partial charge in [-0.2, -0.15) is 4.98 Å². The van der Waals surface area contributed by atoms with Crippen molar-refractivity contribution in [3.8, 4) is 5.88 Å². The number of nitrogens with zero attached hydrogens (tertiary/aromatic N) is 2. The Kier molecular flexibility index (Phi) is 5.14. The lowest BCUT2D eigenvalue weighted by Crippen LogP contribution is -2.28. The zero-order valence-electron chi connectivity index (χ0n) is 10.1. The van der Waals surface area contributed by atoms with E-state index in [9.17, 15) is 0 Å². The van der Waals surface area contributed by atoms with Gasteiger partial charge in [0.1, 0.15) is 5.82 Å². The fourth-order valence-electron chi connectivity index (χ4n) is 1.47. The number of aromatic nitrogens is 2. The van der Waals surface area contributed by atoms with Gasteiger partial charge in [-0.15, -0.1) is 0 Å². The molecule has 1 aromatic rings. The van der Waals surface area contributed by atoms with Crippen molar-refractivity contribution in [3.63, 3.8) is 0 Å². The van der Waals surface area contributed by atoms with E-state index in [1.165, 1.54) is 0 Å². The fourth-order valence-corrected chi connectivity index (χ4v) is 1.47. The molecule has 2 N–H and O–H groups in total. The summed E-state index contributed by atoms with van der Waals surface area (Å²) in [6.45, 7) is 4.88. The zero-order valence-corrected chi connectivity index (χ0v) is 10.1. The highest BCUT2D eigenvalue weighted by Gasteiger charge is 2.07. The first kappa shape index (κ1) is 12.9. The predicted molar refractivity (Wildman–Crippen MR) is 61.5 cm³/mol. The van der Waals surface area contributed by atoms with Crippen LogP contribution < -0.4 is 10.5 Å². The average Bonchev–Trinajstić information content (AvgIpc) is 2.17. The second-order valence-corrected chi connectivity index (χ2v) is 3.60. The van der Waals surface area contributed by atoms with Crippen LogP contribution in [0.4, 0.5) is 0 Å². The van der Waals surface area contributed by atoms with Crippen molar-refractivity contribution in [1.29, 1.82) is 0 Å². The van der Waals surface area contributed by atoms with Crippen LogP contribution in [0.15, 0.2) is 6.07 Å². The molecule has 90 valence electrons. The van der Waals surface area contributed by atoms with Gasteiger partial charge in [0.25, 0.3) is 0 Å². The van der Waals surface area contributed by atoms with E-state index in [1.807, 2.05) is 19.9 Å². The van der Waals surface area contributed by atoms with Crippen LogP contribution in [-0.4, -0.2) is 36.3 Å². The van der Waals surface area contributed by atoms with Crippen molar-refractivity contribution in [1.82, 2.24) is 9.97 Å². The Morgan fingerprint density at radius 1 is 1.44 bits per heavy atom. The first-order chi connectivity index (χ1) is 7.65. The summed E-state index contributed by atoms with van der Waals surface area (Å²) in [6, 6.07) is 1.78. The fraction of sp³-hybridized carbons (Fsp3) is 0.636. The molecule has 0 saturated carbocycles. The number of ether oxygens (including phenoxy) is 2. The van der Waals surface area contributed by atoms with Gasteiger partial charge in [0, 0.05) is 31.3 Å². The standard InChI is InChI=1S/C11H19N3O2/c1-4-16-11-6-10(13-8(2)14-11)5-9(12)7-15-3/h6,9H,4-5,7,12H2,1-3H3. The minimum atomic E-state index is -0.0474. The Morgan fingerprint density at radius 3 is 2.81 bits per heavy atom. The van der Waals surface area contributed by atoms with Crippen LogP contribution in [0.2, 0.25) is 0 Å². The Balaban J connectivity index is 2.71. The lowest BCUT2D eigenvalue weighted by molar-refractivity contribution is 0.179. The molecule has 0 aliphatic rings. The van der Waals surface area contributed by atoms with Crippen LogP contribution >= 0.6 is 0 Å². The van der Waals surface area contributed by atoms with Gasteiger partial charge in [0.15, 0.2) is 0 Å². The van der Waals surface area contributed by atoms with Crippen LogP contribution in [0.5, 0.6) is 5.88 Å². The molecule has 5 heteroatoms. The molecule has 0 saturated heterocycles. The quantitative estimate of drug-likeness (QED) is 0.771. The highest BCUT2D eigenvalue weighted by atomic mass is 16.5. The molecule has 1 unspecified atom stereocenters. The van der Waals surface area contributed by atoms with E-state index in [-0.39, 0.29) is 6.04 Å². The average molecular weight is 225 g/mol. The van der Waals surface area contributed by atoms with E-state index in [4.69, 9.17) is 15.2 Å². The van der Waals surface area contributed by atoms with Crippen molar-refractivity contribution < 1.29 is 9.47 Å². The zero-order chi connectivity index (χ0) is 12.0. The van der Waals surface area contributed by atoms with Gasteiger partial charge >= 0.3 is 0 Å². The topological polar surface area (TPSA) is 70.3 Å². The van der Waals surface area contributed by atoms with E-state index in [2.05, 4.69) is 9.97 Å². The molecule has 1 aromatic heterocycles. The molecule has 1 rings (SSSR count). The number of hydrogen-bond acceptors (Lipinski definition) is 5. The summed E-state index contributed by atoms with van der Waals surface area (Å²) in [7, 11) is 1.64. The Bertz CT molecular complexity index is 331. The summed E-state index contributed by atoms with van der Waals surface area (Å²) in [6.07, 6.45) is 0.664. The van der Waals surface area contributed by atoms with Crippen molar-refractivity contribution in [3.05, 3.63) is 17.6 Å². The molecule has 0 spiro atoms. The molecular formula is C11H19N3O2. The van der Waals surface area contributed by atoms with Gasteiger partial charge in [-0.25, -0.2) is 4.98 Å². The maximum Gasteiger partial charge on any atom is 0.216 e. The Morgan fingerprint density at radius 2 is 2.19 bits per heavy atom. The third-order valence-corrected chi connectivity index (χ3v) is 2.01. The summed E-state index contributed by atoms with van der Waals surface area (Å²) < 4.78 is 10.3. The largest absolute Gasteiger partial charge is 0.478 e. The molecule has 0 bridgehead atoms. The van der Waals surface area contributed by atoms with Crippen LogP contribution in [0.1, 0.15) is 18.4 Å². The second-order valence-electron chi connectivity index (χ2n) is 3.60. The van der Waals surface area contributed by atoms with E-state index in [0.717, 1.165) is 5.69 Å². The Hall–Kier alpha value is -1.20. The van der Waals surface area contributed by atoms with Gasteiger partial charge in [-0.1, -0.05) is 0 Å². The summed E-state index contributed by atoms with van der Waals surface area (Å²) in [5, 5.41) is 0. The van der Waals surface area contributed by atoms with Gasteiger partial charge < -0.3 is 15.2 Å². The van der Waals surface area contributed by atoms with Crippen LogP contribution in [0.3, 0.4) is 0 Å². The summed E-state index contributed by atoms with van der Waals surface area (Å²) >= 11 is 0. The number of rotatable bonds is 6. The van der Waals surface area contributed by atoms with Gasteiger partial charge in [0.2, 0.25) is 5.88 Å². The monoisotopic (exact) mass is 225 g/mol. The normalized spacial score (nSPS) is 12.5. The molecule has 0 fully saturated rings. The lowest BCUT2D eigenvalue weighted by Gasteiger charge is -2.11. The van der Waals surface area contributed by atoms with E-state index >= 15 is 0 Å². The molecule has 0 amide bonds. The third kappa shape index (κ3) is 4.12. The summed E-state index contributed by atoms with van der Waals surface area (Å²) in [5.41, 5.74) is 6.75.